The Morgan fingerprint density at radius 3 is 2.24 bits per heavy atom. The molecule has 224 valence electrons. The number of rotatable bonds is 15. The van der Waals surface area contributed by atoms with Crippen LogP contribution in [0, 0.1) is 0 Å². The highest BCUT2D eigenvalue weighted by Crippen LogP contribution is 2.30. The lowest BCUT2D eigenvalue weighted by Gasteiger charge is -2.35. The Kier molecular flexibility index (Phi) is 13.1. The fraction of sp³-hybridized carbons (Fsp3) is 0.484. The van der Waals surface area contributed by atoms with Crippen LogP contribution in [0.15, 0.2) is 54.6 Å². The first-order valence-corrected chi connectivity index (χ1v) is 14.1. The van der Waals surface area contributed by atoms with Crippen molar-refractivity contribution >= 4 is 23.8 Å². The quantitative estimate of drug-likeness (QED) is 0.235. The third kappa shape index (κ3) is 11.5. The topological polar surface area (TPSA) is 151 Å². The monoisotopic (exact) mass is 568 g/mol. The first-order chi connectivity index (χ1) is 19.4. The standard InChI is InChI=1S/C31H44N4O6/c1-5-6-7-13-20-35(29(39)24(18-19-26(32)37)34-30(40)41-31(2,3)4)27(23-16-11-12-17-25(23)36)28(38)33-21-22-14-9-8-10-15-22/h8-12,14-17,24,27,36H,5-7,13,18-21H2,1-4H3,(H2,32,37)(H,33,38)(H,34,40). The molecule has 10 heteroatoms. The molecule has 2 rings (SSSR count). The molecule has 0 aliphatic rings. The number of nitrogens with one attached hydrogen (secondary N) is 2. The predicted molar refractivity (Wildman–Crippen MR) is 157 cm³/mol. The second-order valence-electron chi connectivity index (χ2n) is 11.0. The van der Waals surface area contributed by atoms with Crippen LogP contribution in [0.4, 0.5) is 4.79 Å². The fourth-order valence-electron chi connectivity index (χ4n) is 4.32. The number of benzene rings is 2. The molecule has 10 nitrogen and oxygen atoms in total. The molecule has 2 unspecified atom stereocenters. The van der Waals surface area contributed by atoms with Gasteiger partial charge < -0.3 is 31.1 Å². The number of unbranched alkanes of at least 4 members (excludes halogenated alkanes) is 3. The summed E-state index contributed by atoms with van der Waals surface area (Å²) in [6.07, 6.45) is 2.21. The number of ether oxygens (including phenoxy) is 1. The number of primary amides is 1. The molecule has 0 spiro atoms. The van der Waals surface area contributed by atoms with Gasteiger partial charge in [-0.1, -0.05) is 74.7 Å². The zero-order chi connectivity index (χ0) is 30.4. The van der Waals surface area contributed by atoms with E-state index in [0.717, 1.165) is 24.8 Å². The molecule has 2 atom stereocenters. The van der Waals surface area contributed by atoms with Crippen molar-refractivity contribution in [1.29, 1.82) is 0 Å². The molecule has 4 amide bonds. The number of para-hydroxylation sites is 1. The Balaban J connectivity index is 2.49. The first-order valence-electron chi connectivity index (χ1n) is 14.1. The number of phenols is 1. The van der Waals surface area contributed by atoms with Crippen molar-refractivity contribution in [3.63, 3.8) is 0 Å². The van der Waals surface area contributed by atoms with Gasteiger partial charge in [0.25, 0.3) is 0 Å². The normalized spacial score (nSPS) is 12.6. The van der Waals surface area contributed by atoms with Crippen LogP contribution in [0.3, 0.4) is 0 Å². The lowest BCUT2D eigenvalue weighted by Crippen LogP contribution is -2.53. The molecule has 0 aromatic heterocycles. The maximum Gasteiger partial charge on any atom is 0.408 e. The van der Waals surface area contributed by atoms with E-state index in [9.17, 15) is 24.3 Å². The highest BCUT2D eigenvalue weighted by molar-refractivity contribution is 5.92. The van der Waals surface area contributed by atoms with Gasteiger partial charge >= 0.3 is 6.09 Å². The van der Waals surface area contributed by atoms with Crippen molar-refractivity contribution in [3.8, 4) is 5.75 Å². The molecule has 0 saturated carbocycles. The van der Waals surface area contributed by atoms with Gasteiger partial charge in [0.1, 0.15) is 23.4 Å². The van der Waals surface area contributed by atoms with E-state index in [2.05, 4.69) is 17.6 Å². The summed E-state index contributed by atoms with van der Waals surface area (Å²) < 4.78 is 5.36. The number of alkyl carbamates (subject to hydrolysis) is 1. The highest BCUT2D eigenvalue weighted by Gasteiger charge is 2.37. The van der Waals surface area contributed by atoms with Gasteiger partial charge in [-0.3, -0.25) is 14.4 Å². The summed E-state index contributed by atoms with van der Waals surface area (Å²) in [5, 5.41) is 16.2. The van der Waals surface area contributed by atoms with Crippen LogP contribution >= 0.6 is 0 Å². The van der Waals surface area contributed by atoms with Crippen LogP contribution in [-0.4, -0.2) is 52.0 Å². The highest BCUT2D eigenvalue weighted by atomic mass is 16.6. The number of aromatic hydroxyl groups is 1. The van der Waals surface area contributed by atoms with Crippen molar-refractivity contribution in [2.75, 3.05) is 6.54 Å². The van der Waals surface area contributed by atoms with Crippen LogP contribution in [0.5, 0.6) is 5.75 Å². The van der Waals surface area contributed by atoms with Gasteiger partial charge in [-0.25, -0.2) is 4.79 Å². The van der Waals surface area contributed by atoms with Crippen molar-refractivity contribution in [1.82, 2.24) is 15.5 Å². The van der Waals surface area contributed by atoms with E-state index in [1.807, 2.05) is 30.3 Å². The Labute approximate surface area is 242 Å². The largest absolute Gasteiger partial charge is 0.508 e. The first kappa shape index (κ1) is 33.1. The third-order valence-corrected chi connectivity index (χ3v) is 6.31. The zero-order valence-corrected chi connectivity index (χ0v) is 24.5. The van der Waals surface area contributed by atoms with Crippen LogP contribution < -0.4 is 16.4 Å². The number of hydrogen-bond donors (Lipinski definition) is 4. The summed E-state index contributed by atoms with van der Waals surface area (Å²) in [6, 6.07) is 13.3. The molecule has 0 bridgehead atoms. The Bertz CT molecular complexity index is 1150. The summed E-state index contributed by atoms with van der Waals surface area (Å²) in [7, 11) is 0. The van der Waals surface area contributed by atoms with Crippen molar-refractivity contribution in [3.05, 3.63) is 65.7 Å². The van der Waals surface area contributed by atoms with E-state index in [4.69, 9.17) is 10.5 Å². The zero-order valence-electron chi connectivity index (χ0n) is 24.5. The molecule has 0 fully saturated rings. The van der Waals surface area contributed by atoms with Crippen LogP contribution in [0.25, 0.3) is 0 Å². The van der Waals surface area contributed by atoms with Crippen molar-refractivity contribution in [2.24, 2.45) is 5.73 Å². The molecule has 2 aromatic carbocycles. The van der Waals surface area contributed by atoms with E-state index >= 15 is 0 Å². The summed E-state index contributed by atoms with van der Waals surface area (Å²) in [5.41, 5.74) is 5.66. The molecule has 0 heterocycles. The van der Waals surface area contributed by atoms with Gasteiger partial charge in [0.15, 0.2) is 0 Å². The van der Waals surface area contributed by atoms with Crippen molar-refractivity contribution < 1.29 is 29.0 Å². The molecule has 2 aromatic rings. The van der Waals surface area contributed by atoms with Gasteiger partial charge in [0.05, 0.1) is 0 Å². The maximum atomic E-state index is 14.2. The average Bonchev–Trinajstić information content (AvgIpc) is 2.91. The lowest BCUT2D eigenvalue weighted by molar-refractivity contribution is -0.143. The molecule has 41 heavy (non-hydrogen) atoms. The maximum absolute atomic E-state index is 14.2. The number of nitrogens with zero attached hydrogens (tertiary/aromatic N) is 1. The smallest absolute Gasteiger partial charge is 0.408 e. The number of hydrogen-bond acceptors (Lipinski definition) is 6. The minimum atomic E-state index is -1.20. The predicted octanol–water partition coefficient (Wildman–Crippen LogP) is 4.32. The van der Waals surface area contributed by atoms with Gasteiger partial charge in [-0.15, -0.1) is 0 Å². The van der Waals surface area contributed by atoms with E-state index in [1.165, 1.54) is 11.0 Å². The van der Waals surface area contributed by atoms with Crippen molar-refractivity contribution in [2.45, 2.75) is 90.4 Å². The van der Waals surface area contributed by atoms with E-state index in [-0.39, 0.29) is 37.2 Å². The number of amides is 4. The fourth-order valence-corrected chi connectivity index (χ4v) is 4.32. The van der Waals surface area contributed by atoms with Crippen LogP contribution in [-0.2, 0) is 25.7 Å². The molecule has 0 saturated heterocycles. The van der Waals surface area contributed by atoms with Crippen LogP contribution in [0.2, 0.25) is 0 Å². The van der Waals surface area contributed by atoms with E-state index in [1.54, 1.807) is 39.0 Å². The summed E-state index contributed by atoms with van der Waals surface area (Å²) >= 11 is 0. The number of carbonyl (C=O) groups excluding carboxylic acids is 4. The van der Waals surface area contributed by atoms with E-state index < -0.39 is 41.5 Å². The summed E-state index contributed by atoms with van der Waals surface area (Å²) in [6.45, 7) is 7.53. The lowest BCUT2D eigenvalue weighted by atomic mass is 9.99. The average molecular weight is 569 g/mol. The van der Waals surface area contributed by atoms with Gasteiger partial charge in [-0.05, 0) is 45.2 Å². The Morgan fingerprint density at radius 1 is 0.976 bits per heavy atom. The number of carbonyl (C=O) groups is 4. The molecule has 0 aliphatic carbocycles. The van der Waals surface area contributed by atoms with Crippen LogP contribution in [0.1, 0.15) is 83.4 Å². The van der Waals surface area contributed by atoms with E-state index in [0.29, 0.717) is 6.42 Å². The number of phenolic OH excluding ortho intramolecular Hbond substituents is 1. The molecule has 0 radical (unpaired) electrons. The second-order valence-corrected chi connectivity index (χ2v) is 11.0. The Hall–Kier alpha value is -4.08. The van der Waals surface area contributed by atoms with Gasteiger partial charge in [0.2, 0.25) is 17.7 Å². The SMILES string of the molecule is CCCCCCN(C(=O)C(CCC(N)=O)NC(=O)OC(C)(C)C)C(C(=O)NCc1ccccc1)c1ccccc1O. The number of nitrogens with two attached hydrogens (primary N) is 1. The summed E-state index contributed by atoms with van der Waals surface area (Å²) in [5.74, 6) is -1.87. The third-order valence-electron chi connectivity index (χ3n) is 6.31. The summed E-state index contributed by atoms with van der Waals surface area (Å²) in [4.78, 5) is 53.7. The molecular formula is C31H44N4O6. The molecule has 5 N–H and O–H groups in total. The molecular weight excluding hydrogens is 524 g/mol. The molecule has 0 aliphatic heterocycles. The second kappa shape index (κ2) is 16.2. The van der Waals surface area contributed by atoms with Gasteiger partial charge in [-0.2, -0.15) is 0 Å². The Morgan fingerprint density at radius 2 is 1.63 bits per heavy atom. The van der Waals surface area contributed by atoms with Gasteiger partial charge in [0, 0.05) is 25.1 Å². The minimum Gasteiger partial charge on any atom is -0.508 e. The minimum absolute atomic E-state index is 0.0853.